The molecule has 0 aliphatic carbocycles. The maximum Gasteiger partial charge on any atom is 0.337 e. The summed E-state index contributed by atoms with van der Waals surface area (Å²) < 4.78 is 20.7. The second kappa shape index (κ2) is 18.6. The molecule has 0 amide bonds. The van der Waals surface area contributed by atoms with Crippen LogP contribution < -0.4 is 4.74 Å². The number of esters is 1. The highest BCUT2D eigenvalue weighted by atomic mass is 79.9. The molecule has 11 heteroatoms. The molecule has 0 radical (unpaired) electrons. The lowest BCUT2D eigenvalue weighted by atomic mass is 9.77. The number of carbonyl (C=O) groups excluding carboxylic acids is 1. The molecule has 0 N–H and O–H groups in total. The minimum atomic E-state index is -0.866. The van der Waals surface area contributed by atoms with Crippen molar-refractivity contribution in [3.8, 4) is 28.6 Å². The van der Waals surface area contributed by atoms with Crippen LogP contribution in [0.15, 0.2) is 167 Å². The van der Waals surface area contributed by atoms with Crippen molar-refractivity contribution < 1.29 is 18.7 Å². The van der Waals surface area contributed by atoms with E-state index >= 15 is 0 Å². The van der Waals surface area contributed by atoms with Gasteiger partial charge in [0.1, 0.15) is 29.3 Å². The first-order chi connectivity index (χ1) is 31.4. The van der Waals surface area contributed by atoms with Gasteiger partial charge >= 0.3 is 5.97 Å². The summed E-state index contributed by atoms with van der Waals surface area (Å²) in [4.78, 5) is 21.8. The van der Waals surface area contributed by atoms with Gasteiger partial charge in [-0.15, -0.1) is 5.10 Å². The SMILES string of the molecule is CCCCc1nc(C)c(Cc2ccc(C(=O)OC)cc2)c(OCc2ccc3oc(-c4ccc(-c5nnnn5C(c5ccccc5)(c5ccccc5)c5ccccc5)cc4)c(Br)c3c2)n1. The molecule has 3 aromatic heterocycles. The number of ether oxygens (including phenoxy) is 2. The molecule has 0 unspecified atom stereocenters. The Bertz CT molecular complexity index is 2930. The van der Waals surface area contributed by atoms with Crippen LogP contribution in [0.5, 0.6) is 5.88 Å². The van der Waals surface area contributed by atoms with Crippen molar-refractivity contribution in [1.29, 1.82) is 0 Å². The molecule has 9 rings (SSSR count). The number of aromatic nitrogens is 6. The number of tetrazole rings is 1. The number of fused-ring (bicyclic) bond motifs is 1. The lowest BCUT2D eigenvalue weighted by Crippen LogP contribution is -2.39. The Kier molecular flexibility index (Phi) is 12.2. The largest absolute Gasteiger partial charge is 0.472 e. The summed E-state index contributed by atoms with van der Waals surface area (Å²) >= 11 is 3.88. The van der Waals surface area contributed by atoms with Crippen molar-refractivity contribution in [2.24, 2.45) is 0 Å². The van der Waals surface area contributed by atoms with Crippen molar-refractivity contribution in [1.82, 2.24) is 30.2 Å². The zero-order valence-electron chi connectivity index (χ0n) is 35.7. The fourth-order valence-corrected chi connectivity index (χ4v) is 8.91. The van der Waals surface area contributed by atoms with Crippen molar-refractivity contribution in [3.05, 3.63) is 213 Å². The van der Waals surface area contributed by atoms with Crippen molar-refractivity contribution in [2.75, 3.05) is 7.11 Å². The van der Waals surface area contributed by atoms with Crippen molar-refractivity contribution in [2.45, 2.75) is 51.7 Å². The van der Waals surface area contributed by atoms with E-state index in [4.69, 9.17) is 29.1 Å². The van der Waals surface area contributed by atoms with E-state index in [1.54, 1.807) is 12.1 Å². The lowest BCUT2D eigenvalue weighted by Gasteiger charge is -2.36. The molecule has 9 aromatic rings. The van der Waals surface area contributed by atoms with Gasteiger partial charge in [0.05, 0.1) is 17.1 Å². The number of carbonyl (C=O) groups is 1. The Balaban J connectivity index is 1.01. The second-order valence-electron chi connectivity index (χ2n) is 15.6. The maximum atomic E-state index is 12.0. The highest BCUT2D eigenvalue weighted by molar-refractivity contribution is 9.10. The maximum absolute atomic E-state index is 12.0. The molecule has 0 aliphatic rings. The van der Waals surface area contributed by atoms with E-state index in [0.717, 1.165) is 90.7 Å². The van der Waals surface area contributed by atoms with Crippen LogP contribution in [-0.2, 0) is 29.7 Å². The number of rotatable bonds is 15. The molecule has 0 bridgehead atoms. The highest BCUT2D eigenvalue weighted by Crippen LogP contribution is 2.43. The summed E-state index contributed by atoms with van der Waals surface area (Å²) in [6.07, 6.45) is 3.35. The van der Waals surface area contributed by atoms with E-state index in [-0.39, 0.29) is 5.97 Å². The summed E-state index contributed by atoms with van der Waals surface area (Å²) in [6, 6.07) is 52.7. The van der Waals surface area contributed by atoms with Crippen LogP contribution >= 0.6 is 15.9 Å². The average molecular weight is 910 g/mol. The van der Waals surface area contributed by atoms with Gasteiger partial charge in [-0.25, -0.2) is 14.5 Å². The first-order valence-corrected chi connectivity index (χ1v) is 22.1. The van der Waals surface area contributed by atoms with E-state index in [9.17, 15) is 4.79 Å². The third-order valence-corrected chi connectivity index (χ3v) is 12.4. The normalized spacial score (nSPS) is 11.5. The van der Waals surface area contributed by atoms with Gasteiger partial charge in [0.25, 0.3) is 0 Å². The van der Waals surface area contributed by atoms with Crippen LogP contribution in [0.2, 0.25) is 0 Å². The van der Waals surface area contributed by atoms with Crippen LogP contribution in [0.3, 0.4) is 0 Å². The Labute approximate surface area is 380 Å². The minimum absolute atomic E-state index is 0.292. The number of hydrogen-bond acceptors (Lipinski definition) is 9. The molecule has 3 heterocycles. The summed E-state index contributed by atoms with van der Waals surface area (Å²) in [7, 11) is 1.38. The molecule has 0 fully saturated rings. The molecule has 0 spiro atoms. The Morgan fingerprint density at radius 3 is 1.97 bits per heavy atom. The van der Waals surface area contributed by atoms with Gasteiger partial charge in [0.15, 0.2) is 5.82 Å². The molecule has 0 saturated carbocycles. The number of benzene rings is 6. The molecule has 318 valence electrons. The fraction of sp³-hybridized carbons (Fsp3) is 0.170. The van der Waals surface area contributed by atoms with E-state index in [1.807, 2.05) is 115 Å². The number of hydrogen-bond donors (Lipinski definition) is 0. The topological polar surface area (TPSA) is 118 Å². The van der Waals surface area contributed by atoms with Gasteiger partial charge in [-0.1, -0.05) is 147 Å². The number of aryl methyl sites for hydroxylation is 2. The van der Waals surface area contributed by atoms with Crippen LogP contribution in [0.4, 0.5) is 0 Å². The highest BCUT2D eigenvalue weighted by Gasteiger charge is 2.41. The molecule has 6 aromatic carbocycles. The van der Waals surface area contributed by atoms with Crippen molar-refractivity contribution in [3.63, 3.8) is 0 Å². The predicted octanol–water partition coefficient (Wildman–Crippen LogP) is 11.8. The zero-order valence-corrected chi connectivity index (χ0v) is 37.3. The zero-order chi connectivity index (χ0) is 44.0. The molecule has 64 heavy (non-hydrogen) atoms. The number of furan rings is 1. The minimum Gasteiger partial charge on any atom is -0.472 e. The van der Waals surface area contributed by atoms with Gasteiger partial charge in [0, 0.05) is 40.6 Å². The predicted molar refractivity (Wildman–Crippen MR) is 251 cm³/mol. The smallest absolute Gasteiger partial charge is 0.337 e. The van der Waals surface area contributed by atoms with Gasteiger partial charge in [-0.2, -0.15) is 4.98 Å². The number of methoxy groups -OCH3 is 1. The number of unbranched alkanes of at least 4 members (excludes halogenated alkanes) is 1. The van der Waals surface area contributed by atoms with Gasteiger partial charge in [0.2, 0.25) is 5.88 Å². The van der Waals surface area contributed by atoms with E-state index in [1.165, 1.54) is 7.11 Å². The molecule has 0 atom stereocenters. The second-order valence-corrected chi connectivity index (χ2v) is 16.4. The first kappa shape index (κ1) is 42.1. The van der Waals surface area contributed by atoms with E-state index < -0.39 is 5.54 Å². The third-order valence-electron chi connectivity index (χ3n) is 11.6. The van der Waals surface area contributed by atoms with E-state index in [0.29, 0.717) is 36.1 Å². The first-order valence-electron chi connectivity index (χ1n) is 21.3. The summed E-state index contributed by atoms with van der Waals surface area (Å²) in [5.74, 6) is 2.28. The Morgan fingerprint density at radius 1 is 0.750 bits per heavy atom. The van der Waals surface area contributed by atoms with Gasteiger partial charge < -0.3 is 13.9 Å². The van der Waals surface area contributed by atoms with Crippen molar-refractivity contribution >= 4 is 32.9 Å². The molecular weight excluding hydrogens is 865 g/mol. The van der Waals surface area contributed by atoms with Gasteiger partial charge in [-0.3, -0.25) is 0 Å². The number of nitrogens with zero attached hydrogens (tertiary/aromatic N) is 6. The monoisotopic (exact) mass is 908 g/mol. The molecule has 10 nitrogen and oxygen atoms in total. The summed E-state index contributed by atoms with van der Waals surface area (Å²) in [5, 5.41) is 14.5. The van der Waals surface area contributed by atoms with E-state index in [2.05, 4.69) is 75.6 Å². The third kappa shape index (κ3) is 8.22. The molecule has 0 aliphatic heterocycles. The molecule has 0 saturated heterocycles. The molecular formula is C53H45BrN6O4. The van der Waals surface area contributed by atoms with Crippen LogP contribution in [0.25, 0.3) is 33.7 Å². The Morgan fingerprint density at radius 2 is 1.36 bits per heavy atom. The number of halogens is 1. The Hall–Kier alpha value is -7.24. The fourth-order valence-electron chi connectivity index (χ4n) is 8.29. The average Bonchev–Trinajstić information content (AvgIpc) is 3.97. The lowest BCUT2D eigenvalue weighted by molar-refractivity contribution is 0.0600. The van der Waals surface area contributed by atoms with Crippen LogP contribution in [0, 0.1) is 6.92 Å². The van der Waals surface area contributed by atoms with Crippen LogP contribution in [0.1, 0.15) is 75.0 Å². The van der Waals surface area contributed by atoms with Gasteiger partial charge in [-0.05, 0) is 91.8 Å². The summed E-state index contributed by atoms with van der Waals surface area (Å²) in [6.45, 7) is 4.45. The standard InChI is InChI=1S/C53H45BrN6O4/c1-4-5-21-47-55-35(2)44(32-36-22-25-40(26-23-36)52(61)62-3)51(56-47)63-34-37-24-31-46-45(33-37)48(54)49(64-46)38-27-29-39(30-28-38)50-57-58-59-60(50)53(41-15-9-6-10-16-41,42-17-11-7-12-18-42)43-19-13-8-14-20-43/h6-20,22-31,33H,4-5,21,32,34H2,1-3H3. The van der Waals surface area contributed by atoms with Crippen LogP contribution in [-0.4, -0.2) is 43.3 Å². The quantitative estimate of drug-likeness (QED) is 0.0732. The summed E-state index contributed by atoms with van der Waals surface area (Å²) in [5.41, 5.74) is 8.95.